The lowest BCUT2D eigenvalue weighted by Gasteiger charge is -2.12. The Morgan fingerprint density at radius 1 is 1.15 bits per heavy atom. The Balaban J connectivity index is 1.52. The van der Waals surface area contributed by atoms with Crippen LogP contribution >= 0.6 is 11.3 Å². The molecular formula is C23H25N5O4S. The van der Waals surface area contributed by atoms with E-state index in [1.807, 2.05) is 0 Å². The summed E-state index contributed by atoms with van der Waals surface area (Å²) in [5.41, 5.74) is 3.85. The molecule has 1 aliphatic rings. The van der Waals surface area contributed by atoms with Crippen molar-refractivity contribution in [2.24, 2.45) is 0 Å². The molecule has 0 fully saturated rings. The van der Waals surface area contributed by atoms with E-state index in [0.717, 1.165) is 36.8 Å². The summed E-state index contributed by atoms with van der Waals surface area (Å²) in [7, 11) is 1.59. The van der Waals surface area contributed by atoms with Crippen LogP contribution in [0.25, 0.3) is 0 Å². The van der Waals surface area contributed by atoms with Gasteiger partial charge in [-0.15, -0.1) is 11.3 Å². The number of nitrogens with zero attached hydrogens (tertiary/aromatic N) is 3. The van der Waals surface area contributed by atoms with E-state index in [0.29, 0.717) is 34.1 Å². The van der Waals surface area contributed by atoms with Crippen molar-refractivity contribution in [1.29, 1.82) is 0 Å². The highest BCUT2D eigenvalue weighted by atomic mass is 32.1. The van der Waals surface area contributed by atoms with Crippen molar-refractivity contribution in [3.8, 4) is 0 Å². The maximum Gasteiger partial charge on any atom is 0.312 e. The van der Waals surface area contributed by atoms with Gasteiger partial charge in [-0.2, -0.15) is 5.10 Å². The fraction of sp³-hybridized carbons (Fsp3) is 0.348. The number of fused-ring (bicyclic) bond motifs is 1. The van der Waals surface area contributed by atoms with Gasteiger partial charge in [-0.05, 0) is 62.8 Å². The number of anilines is 1. The third-order valence-corrected chi connectivity index (χ3v) is 7.13. The molecule has 2 aromatic heterocycles. The van der Waals surface area contributed by atoms with Gasteiger partial charge in [-0.25, -0.2) is 0 Å². The number of hydrogen-bond acceptors (Lipinski definition) is 6. The van der Waals surface area contributed by atoms with Gasteiger partial charge >= 0.3 is 5.69 Å². The largest absolute Gasteiger partial charge is 0.355 e. The minimum absolute atomic E-state index is 0.0246. The molecule has 172 valence electrons. The molecule has 1 aromatic carbocycles. The maximum atomic E-state index is 12.9. The Morgan fingerprint density at radius 3 is 2.48 bits per heavy atom. The van der Waals surface area contributed by atoms with E-state index < -0.39 is 4.92 Å². The van der Waals surface area contributed by atoms with Gasteiger partial charge in [0.05, 0.1) is 17.0 Å². The van der Waals surface area contributed by atoms with Crippen LogP contribution in [0.2, 0.25) is 0 Å². The van der Waals surface area contributed by atoms with Crippen LogP contribution in [0.5, 0.6) is 0 Å². The van der Waals surface area contributed by atoms with Crippen LogP contribution in [-0.4, -0.2) is 33.6 Å². The molecule has 2 heterocycles. The molecule has 2 N–H and O–H groups in total. The fourth-order valence-corrected chi connectivity index (χ4v) is 5.52. The van der Waals surface area contributed by atoms with Crippen molar-refractivity contribution in [1.82, 2.24) is 15.1 Å². The van der Waals surface area contributed by atoms with Gasteiger partial charge in [0.2, 0.25) is 0 Å². The molecule has 0 spiro atoms. The molecule has 10 heteroatoms. The first-order valence-electron chi connectivity index (χ1n) is 10.8. The van der Waals surface area contributed by atoms with E-state index in [1.165, 1.54) is 16.2 Å². The zero-order valence-electron chi connectivity index (χ0n) is 18.7. The summed E-state index contributed by atoms with van der Waals surface area (Å²) in [5.74, 6) is -0.467. The number of hydrogen-bond donors (Lipinski definition) is 2. The van der Waals surface area contributed by atoms with Crippen molar-refractivity contribution >= 4 is 33.8 Å². The van der Waals surface area contributed by atoms with Gasteiger partial charge < -0.3 is 10.6 Å². The van der Waals surface area contributed by atoms with Crippen LogP contribution in [0.15, 0.2) is 24.3 Å². The van der Waals surface area contributed by atoms with E-state index >= 15 is 0 Å². The third-order valence-electron chi connectivity index (χ3n) is 5.93. The van der Waals surface area contributed by atoms with E-state index in [9.17, 15) is 19.7 Å². The first kappa shape index (κ1) is 22.7. The van der Waals surface area contributed by atoms with Crippen LogP contribution in [0.1, 0.15) is 60.9 Å². The van der Waals surface area contributed by atoms with Crippen LogP contribution in [0, 0.1) is 24.0 Å². The number of thiophene rings is 1. The summed E-state index contributed by atoms with van der Waals surface area (Å²) in [6.07, 6.45) is 3.91. The lowest BCUT2D eigenvalue weighted by atomic mass is 9.95. The molecule has 33 heavy (non-hydrogen) atoms. The number of carbonyl (C=O) groups is 2. The van der Waals surface area contributed by atoms with Gasteiger partial charge in [0.15, 0.2) is 0 Å². The van der Waals surface area contributed by atoms with Crippen molar-refractivity contribution in [2.75, 3.05) is 12.4 Å². The number of nitro groups is 1. The molecule has 1 aliphatic carbocycles. The van der Waals surface area contributed by atoms with Crippen molar-refractivity contribution < 1.29 is 14.5 Å². The Kier molecular flexibility index (Phi) is 6.28. The lowest BCUT2D eigenvalue weighted by molar-refractivity contribution is -0.386. The lowest BCUT2D eigenvalue weighted by Crippen LogP contribution is -2.22. The molecule has 0 unspecified atom stereocenters. The number of aromatic nitrogens is 2. The Hall–Kier alpha value is -3.53. The Morgan fingerprint density at radius 2 is 1.85 bits per heavy atom. The highest BCUT2D eigenvalue weighted by molar-refractivity contribution is 7.17. The monoisotopic (exact) mass is 467 g/mol. The molecule has 0 saturated carbocycles. The second-order valence-corrected chi connectivity index (χ2v) is 9.18. The van der Waals surface area contributed by atoms with E-state index in [4.69, 9.17) is 0 Å². The average Bonchev–Trinajstić information content (AvgIpc) is 3.29. The molecule has 4 rings (SSSR count). The summed E-state index contributed by atoms with van der Waals surface area (Å²) < 4.78 is 1.59. The second-order valence-electron chi connectivity index (χ2n) is 8.08. The third kappa shape index (κ3) is 4.38. The number of nitrogens with one attached hydrogen (secondary N) is 2. The molecule has 0 aliphatic heterocycles. The van der Waals surface area contributed by atoms with E-state index in [-0.39, 0.29) is 17.5 Å². The van der Waals surface area contributed by atoms with E-state index in [1.54, 1.807) is 49.8 Å². The molecule has 0 atom stereocenters. The highest BCUT2D eigenvalue weighted by Crippen LogP contribution is 2.38. The molecule has 0 bridgehead atoms. The van der Waals surface area contributed by atoms with Crippen molar-refractivity contribution in [3.63, 3.8) is 0 Å². The molecule has 0 saturated heterocycles. The summed E-state index contributed by atoms with van der Waals surface area (Å²) >= 11 is 1.48. The van der Waals surface area contributed by atoms with Gasteiger partial charge in [0.25, 0.3) is 11.8 Å². The predicted molar refractivity (Wildman–Crippen MR) is 126 cm³/mol. The maximum absolute atomic E-state index is 12.9. The summed E-state index contributed by atoms with van der Waals surface area (Å²) in [6.45, 7) is 3.65. The van der Waals surface area contributed by atoms with Crippen LogP contribution in [0.3, 0.4) is 0 Å². The van der Waals surface area contributed by atoms with Crippen molar-refractivity contribution in [2.45, 2.75) is 46.1 Å². The molecule has 2 amide bonds. The summed E-state index contributed by atoms with van der Waals surface area (Å²) in [4.78, 5) is 37.4. The minimum Gasteiger partial charge on any atom is -0.355 e. The molecule has 0 radical (unpaired) electrons. The first-order valence-corrected chi connectivity index (χ1v) is 11.6. The second kappa shape index (κ2) is 9.14. The zero-order valence-corrected chi connectivity index (χ0v) is 19.5. The van der Waals surface area contributed by atoms with Crippen LogP contribution in [0.4, 0.5) is 10.7 Å². The molecule has 9 nitrogen and oxygen atoms in total. The average molecular weight is 468 g/mol. The predicted octanol–water partition coefficient (Wildman–Crippen LogP) is 4.01. The number of aryl methyl sites for hydroxylation is 2. The minimum atomic E-state index is -0.420. The van der Waals surface area contributed by atoms with Gasteiger partial charge in [-0.3, -0.25) is 24.4 Å². The smallest absolute Gasteiger partial charge is 0.312 e. The standard InChI is InChI=1S/C23H25N5O4S/c1-13-20(28(31)32)14(2)27(26-13)12-15-8-10-16(11-9-15)21(29)25-23-19(22(30)24-3)17-6-4-5-7-18(17)33-23/h8-11H,4-7,12H2,1-3H3,(H,24,30)(H,25,29). The van der Waals surface area contributed by atoms with Crippen molar-refractivity contribution in [3.05, 3.63) is 72.9 Å². The van der Waals surface area contributed by atoms with Crippen LogP contribution < -0.4 is 10.6 Å². The Bertz CT molecular complexity index is 1240. The van der Waals surface area contributed by atoms with Gasteiger partial charge in [0, 0.05) is 17.5 Å². The molecular weight excluding hydrogens is 442 g/mol. The Labute approximate surface area is 195 Å². The number of benzene rings is 1. The summed E-state index contributed by atoms with van der Waals surface area (Å²) in [5, 5.41) is 21.7. The first-order chi connectivity index (χ1) is 15.8. The highest BCUT2D eigenvalue weighted by Gasteiger charge is 2.26. The SMILES string of the molecule is CNC(=O)c1c(NC(=O)c2ccc(Cn3nc(C)c([N+](=O)[O-])c3C)cc2)sc2c1CCCC2. The number of amides is 2. The fourth-order valence-electron chi connectivity index (χ4n) is 4.23. The molecule has 3 aromatic rings. The van der Waals surface area contributed by atoms with Crippen LogP contribution in [-0.2, 0) is 19.4 Å². The normalized spacial score (nSPS) is 12.8. The summed E-state index contributed by atoms with van der Waals surface area (Å²) in [6, 6.07) is 7.02. The zero-order chi connectivity index (χ0) is 23.7. The number of carbonyl (C=O) groups excluding carboxylic acids is 2. The topological polar surface area (TPSA) is 119 Å². The van der Waals surface area contributed by atoms with Gasteiger partial charge in [0.1, 0.15) is 16.4 Å². The van der Waals surface area contributed by atoms with Gasteiger partial charge in [-0.1, -0.05) is 12.1 Å². The van der Waals surface area contributed by atoms with E-state index in [2.05, 4.69) is 15.7 Å². The number of rotatable bonds is 6. The quantitative estimate of drug-likeness (QED) is 0.419.